The van der Waals surface area contributed by atoms with Crippen molar-refractivity contribution < 1.29 is 4.79 Å². The van der Waals surface area contributed by atoms with Gasteiger partial charge in [0, 0.05) is 37.0 Å². The maximum absolute atomic E-state index is 13.2. The number of carbonyl (C=O) groups is 1. The summed E-state index contributed by atoms with van der Waals surface area (Å²) >= 11 is 6.29. The number of para-hydroxylation sites is 1. The average molecular weight is 447 g/mol. The van der Waals surface area contributed by atoms with Gasteiger partial charge < -0.3 is 9.80 Å². The third-order valence-electron chi connectivity index (χ3n) is 6.47. The number of amides is 1. The van der Waals surface area contributed by atoms with Crippen molar-refractivity contribution in [1.82, 2.24) is 24.5 Å². The Balaban J connectivity index is 1.37. The van der Waals surface area contributed by atoms with Crippen molar-refractivity contribution in [3.05, 3.63) is 64.9 Å². The molecule has 1 amide bonds. The van der Waals surface area contributed by atoms with Gasteiger partial charge in [-0.3, -0.25) is 4.79 Å². The first-order chi connectivity index (χ1) is 15.6. The highest BCUT2D eigenvalue weighted by Crippen LogP contribution is 2.40. The Morgan fingerprint density at radius 3 is 2.59 bits per heavy atom. The van der Waals surface area contributed by atoms with Crippen LogP contribution in [0.4, 0.5) is 5.95 Å². The normalized spacial score (nSPS) is 19.1. The Hall–Kier alpha value is -3.19. The number of anilines is 1. The molecule has 3 heterocycles. The molecule has 1 aliphatic carbocycles. The van der Waals surface area contributed by atoms with Gasteiger partial charge in [-0.15, -0.1) is 10.2 Å². The first-order valence-corrected chi connectivity index (χ1v) is 11.4. The monoisotopic (exact) mass is 446 g/mol. The van der Waals surface area contributed by atoms with Gasteiger partial charge in [-0.05, 0) is 44.0 Å². The quantitative estimate of drug-likeness (QED) is 0.472. The van der Waals surface area contributed by atoms with Crippen LogP contribution in [0.25, 0.3) is 16.6 Å². The highest BCUT2D eigenvalue weighted by atomic mass is 35.5. The fraction of sp³-hybridized carbons (Fsp3) is 0.333. The molecule has 0 spiro atoms. The molecule has 1 saturated heterocycles. The van der Waals surface area contributed by atoms with Gasteiger partial charge in [0.05, 0.1) is 16.1 Å². The lowest BCUT2D eigenvalue weighted by molar-refractivity contribution is 0.0673. The number of rotatable bonds is 3. The molecule has 32 heavy (non-hydrogen) atoms. The highest BCUT2D eigenvalue weighted by molar-refractivity contribution is 6.33. The van der Waals surface area contributed by atoms with Gasteiger partial charge in [0.15, 0.2) is 5.65 Å². The minimum Gasteiger partial charge on any atom is -0.338 e. The summed E-state index contributed by atoms with van der Waals surface area (Å²) in [5.74, 6) is 2.28. The van der Waals surface area contributed by atoms with E-state index in [0.717, 1.165) is 41.2 Å². The fourth-order valence-electron chi connectivity index (χ4n) is 4.63. The Labute approximate surface area is 190 Å². The third kappa shape index (κ3) is 3.11. The Bertz CT molecular complexity index is 1350. The molecule has 6 rings (SSSR count). The van der Waals surface area contributed by atoms with Gasteiger partial charge in [-0.2, -0.15) is 0 Å². The van der Waals surface area contributed by atoms with Crippen molar-refractivity contribution in [2.24, 2.45) is 0 Å². The van der Waals surface area contributed by atoms with Crippen LogP contribution >= 0.6 is 11.6 Å². The summed E-state index contributed by atoms with van der Waals surface area (Å²) < 4.78 is 2.14. The molecular weight excluding hydrogens is 424 g/mol. The molecule has 8 heteroatoms. The van der Waals surface area contributed by atoms with Crippen molar-refractivity contribution in [2.75, 3.05) is 24.5 Å². The molecule has 0 unspecified atom stereocenters. The molecule has 1 saturated carbocycles. The lowest BCUT2D eigenvalue weighted by atomic mass is 10.1. The van der Waals surface area contributed by atoms with Gasteiger partial charge >= 0.3 is 0 Å². The zero-order valence-electron chi connectivity index (χ0n) is 17.8. The number of benzene rings is 2. The third-order valence-corrected chi connectivity index (χ3v) is 6.80. The van der Waals surface area contributed by atoms with Gasteiger partial charge in [-0.1, -0.05) is 35.9 Å². The number of hydrogen-bond donors (Lipinski definition) is 0. The molecule has 1 aliphatic heterocycles. The molecule has 2 fully saturated rings. The predicted molar refractivity (Wildman–Crippen MR) is 124 cm³/mol. The summed E-state index contributed by atoms with van der Waals surface area (Å²) in [6.45, 7) is 4.04. The molecule has 7 nitrogen and oxygen atoms in total. The number of aromatic nitrogens is 4. The van der Waals surface area contributed by atoms with Gasteiger partial charge in [0.2, 0.25) is 5.95 Å². The summed E-state index contributed by atoms with van der Waals surface area (Å²) in [6.07, 6.45) is 2.28. The molecule has 2 aromatic carbocycles. The van der Waals surface area contributed by atoms with Crippen molar-refractivity contribution in [3.8, 4) is 0 Å². The summed E-state index contributed by atoms with van der Waals surface area (Å²) in [7, 11) is 0. The molecule has 1 atom stereocenters. The maximum Gasteiger partial charge on any atom is 0.255 e. The van der Waals surface area contributed by atoms with Crippen molar-refractivity contribution in [3.63, 3.8) is 0 Å². The van der Waals surface area contributed by atoms with Crippen LogP contribution < -0.4 is 4.90 Å². The van der Waals surface area contributed by atoms with Crippen molar-refractivity contribution in [2.45, 2.75) is 31.7 Å². The van der Waals surface area contributed by atoms with E-state index in [1.54, 1.807) is 12.1 Å². The zero-order chi connectivity index (χ0) is 21.8. The van der Waals surface area contributed by atoms with Crippen LogP contribution in [0.15, 0.2) is 48.5 Å². The second kappa shape index (κ2) is 7.45. The van der Waals surface area contributed by atoms with Crippen LogP contribution in [-0.4, -0.2) is 56.1 Å². The van der Waals surface area contributed by atoms with Crippen LogP contribution in [0.5, 0.6) is 0 Å². The topological polar surface area (TPSA) is 66.6 Å². The number of carbonyl (C=O) groups excluding carboxylic acids is 1. The van der Waals surface area contributed by atoms with Crippen molar-refractivity contribution >= 4 is 40.0 Å². The Morgan fingerprint density at radius 1 is 1.03 bits per heavy atom. The number of hydrogen-bond acceptors (Lipinski definition) is 5. The molecule has 0 radical (unpaired) electrons. The molecule has 2 aromatic heterocycles. The highest BCUT2D eigenvalue weighted by Gasteiger charge is 2.34. The number of halogens is 1. The van der Waals surface area contributed by atoms with E-state index in [2.05, 4.69) is 32.5 Å². The van der Waals surface area contributed by atoms with Crippen molar-refractivity contribution in [1.29, 1.82) is 0 Å². The number of fused-ring (bicyclic) bond motifs is 3. The van der Waals surface area contributed by atoms with Crippen LogP contribution in [0.2, 0.25) is 5.02 Å². The summed E-state index contributed by atoms with van der Waals surface area (Å²) in [4.78, 5) is 22.4. The second-order valence-corrected chi connectivity index (χ2v) is 9.10. The summed E-state index contributed by atoms with van der Waals surface area (Å²) in [6, 6.07) is 15.3. The zero-order valence-corrected chi connectivity index (χ0v) is 18.5. The molecule has 0 N–H and O–H groups in total. The molecular formula is C24H23ClN6O. The number of nitrogens with zero attached hydrogens (tertiary/aromatic N) is 6. The smallest absolute Gasteiger partial charge is 0.255 e. The minimum atomic E-state index is -0.0256. The van der Waals surface area contributed by atoms with Crippen LogP contribution in [0.1, 0.15) is 41.9 Å². The van der Waals surface area contributed by atoms with E-state index >= 15 is 0 Å². The molecule has 0 bridgehead atoms. The second-order valence-electron chi connectivity index (χ2n) is 8.69. The van der Waals surface area contributed by atoms with Crippen LogP contribution in [-0.2, 0) is 0 Å². The number of piperazine rings is 1. The van der Waals surface area contributed by atoms with Gasteiger partial charge in [0.1, 0.15) is 5.82 Å². The fourth-order valence-corrected chi connectivity index (χ4v) is 4.85. The lowest BCUT2D eigenvalue weighted by Gasteiger charge is -2.40. The van der Waals surface area contributed by atoms with E-state index in [1.165, 1.54) is 0 Å². The Morgan fingerprint density at radius 2 is 1.81 bits per heavy atom. The van der Waals surface area contributed by atoms with E-state index < -0.39 is 0 Å². The van der Waals surface area contributed by atoms with Gasteiger partial charge in [0.25, 0.3) is 5.91 Å². The van der Waals surface area contributed by atoms with E-state index in [4.69, 9.17) is 16.6 Å². The van der Waals surface area contributed by atoms with Gasteiger partial charge in [-0.25, -0.2) is 9.38 Å². The van der Waals surface area contributed by atoms with E-state index in [-0.39, 0.29) is 11.9 Å². The van der Waals surface area contributed by atoms with E-state index in [9.17, 15) is 4.79 Å². The minimum absolute atomic E-state index is 0.0108. The van der Waals surface area contributed by atoms with E-state index in [1.807, 2.05) is 35.2 Å². The van der Waals surface area contributed by atoms with E-state index in [0.29, 0.717) is 36.1 Å². The summed E-state index contributed by atoms with van der Waals surface area (Å²) in [5, 5.41) is 10.6. The van der Waals surface area contributed by atoms with Crippen LogP contribution in [0, 0.1) is 0 Å². The SMILES string of the molecule is C[C@H]1CN(c2nc3ccccc3c3nnc(C4CC4)n23)CCN1C(=O)c1ccccc1Cl. The average Bonchev–Trinajstić information content (AvgIpc) is 3.56. The first kappa shape index (κ1) is 19.5. The largest absolute Gasteiger partial charge is 0.338 e. The van der Waals surface area contributed by atoms with Crippen LogP contribution in [0.3, 0.4) is 0 Å². The predicted octanol–water partition coefficient (Wildman–Crippen LogP) is 4.16. The summed E-state index contributed by atoms with van der Waals surface area (Å²) in [5.41, 5.74) is 2.32. The maximum atomic E-state index is 13.2. The standard InChI is InChI=1S/C24H23ClN6O/c1-15-14-29(12-13-30(15)23(32)17-6-2-4-8-19(17)25)24-26-20-9-5-3-7-18(20)22-28-27-21(31(22)24)16-10-11-16/h2-9,15-16H,10-14H2,1H3/t15-/m0/s1. The molecule has 162 valence electrons. The Kier molecular flexibility index (Phi) is 4.54. The molecule has 2 aliphatic rings. The molecule has 4 aromatic rings. The lowest BCUT2D eigenvalue weighted by Crippen LogP contribution is -2.54. The first-order valence-electron chi connectivity index (χ1n) is 11.1.